The van der Waals surface area contributed by atoms with Gasteiger partial charge in [0.25, 0.3) is 0 Å². The summed E-state index contributed by atoms with van der Waals surface area (Å²) in [5.41, 5.74) is -0.150. The van der Waals surface area contributed by atoms with Gasteiger partial charge in [-0.25, -0.2) is 4.39 Å². The van der Waals surface area contributed by atoms with Crippen LogP contribution in [0, 0.1) is 5.82 Å². The van der Waals surface area contributed by atoms with E-state index in [1.54, 1.807) is 18.2 Å². The Balaban J connectivity index is 1.94. The van der Waals surface area contributed by atoms with Gasteiger partial charge < -0.3 is 0 Å². The van der Waals surface area contributed by atoms with E-state index in [2.05, 4.69) is 4.90 Å². The minimum Gasteiger partial charge on any atom is -0.292 e. The minimum absolute atomic E-state index is 0.00926. The molecular formula is C17H22FNO. The lowest BCUT2D eigenvalue weighted by Crippen LogP contribution is -2.54. The molecule has 0 amide bonds. The van der Waals surface area contributed by atoms with Crippen molar-refractivity contribution in [2.24, 2.45) is 0 Å². The number of likely N-dealkylation sites (tertiary alicyclic amines) is 1. The number of carbonyl (C=O) groups is 1. The first kappa shape index (κ1) is 13.7. The molecule has 3 rings (SSSR count). The average molecular weight is 275 g/mol. The predicted octanol–water partition coefficient (Wildman–Crippen LogP) is 3.81. The fraction of sp³-hybridized carbons (Fsp3) is 0.588. The first-order chi connectivity index (χ1) is 9.74. The Labute approximate surface area is 120 Å². The van der Waals surface area contributed by atoms with Crippen molar-refractivity contribution in [3.8, 4) is 0 Å². The van der Waals surface area contributed by atoms with E-state index >= 15 is 0 Å². The molecule has 0 aromatic heterocycles. The molecule has 0 atom stereocenters. The van der Waals surface area contributed by atoms with Crippen LogP contribution in [0.25, 0.3) is 0 Å². The third kappa shape index (κ3) is 2.28. The van der Waals surface area contributed by atoms with Gasteiger partial charge in [0.1, 0.15) is 5.82 Å². The van der Waals surface area contributed by atoms with Gasteiger partial charge in [0.2, 0.25) is 0 Å². The number of rotatable bonds is 3. The normalized spacial score (nSPS) is 22.9. The molecule has 2 nitrogen and oxygen atoms in total. The van der Waals surface area contributed by atoms with Crippen molar-refractivity contribution in [3.63, 3.8) is 0 Å². The molecule has 1 heterocycles. The van der Waals surface area contributed by atoms with Crippen LogP contribution in [0.3, 0.4) is 0 Å². The van der Waals surface area contributed by atoms with Gasteiger partial charge in [-0.05, 0) is 50.9 Å². The van der Waals surface area contributed by atoms with Crippen LogP contribution in [0.5, 0.6) is 0 Å². The summed E-state index contributed by atoms with van der Waals surface area (Å²) in [6.07, 6.45) is 7.51. The molecule has 1 saturated heterocycles. The Hall–Kier alpha value is -1.22. The summed E-state index contributed by atoms with van der Waals surface area (Å²) in [6, 6.07) is 6.44. The van der Waals surface area contributed by atoms with Gasteiger partial charge in [0.05, 0.1) is 11.1 Å². The van der Waals surface area contributed by atoms with Gasteiger partial charge in [-0.15, -0.1) is 0 Å². The molecule has 0 radical (unpaired) electrons. The van der Waals surface area contributed by atoms with E-state index in [0.29, 0.717) is 0 Å². The van der Waals surface area contributed by atoms with Crippen LogP contribution < -0.4 is 0 Å². The zero-order valence-corrected chi connectivity index (χ0v) is 11.9. The first-order valence-corrected chi connectivity index (χ1v) is 7.78. The summed E-state index contributed by atoms with van der Waals surface area (Å²) < 4.78 is 14.0. The summed E-state index contributed by atoms with van der Waals surface area (Å²) in [4.78, 5) is 15.4. The predicted molar refractivity (Wildman–Crippen MR) is 77.4 cm³/mol. The van der Waals surface area contributed by atoms with Gasteiger partial charge in [0, 0.05) is 0 Å². The van der Waals surface area contributed by atoms with E-state index in [4.69, 9.17) is 0 Å². The van der Waals surface area contributed by atoms with Crippen LogP contribution in [0.15, 0.2) is 24.3 Å². The smallest absolute Gasteiger partial charge is 0.186 e. The second kappa shape index (κ2) is 5.65. The largest absolute Gasteiger partial charge is 0.292 e. The first-order valence-electron chi connectivity index (χ1n) is 7.78. The van der Waals surface area contributed by atoms with Crippen LogP contribution in [0.1, 0.15) is 55.3 Å². The molecule has 1 aromatic rings. The fourth-order valence-corrected chi connectivity index (χ4v) is 3.86. The molecule has 1 aliphatic heterocycles. The highest BCUT2D eigenvalue weighted by Gasteiger charge is 2.46. The number of benzene rings is 1. The highest BCUT2D eigenvalue weighted by atomic mass is 19.1. The molecule has 1 aromatic carbocycles. The number of carbonyl (C=O) groups excluding carboxylic acids is 1. The van der Waals surface area contributed by atoms with Crippen LogP contribution in [-0.4, -0.2) is 29.3 Å². The van der Waals surface area contributed by atoms with Crippen molar-refractivity contribution in [1.29, 1.82) is 0 Å². The van der Waals surface area contributed by atoms with Gasteiger partial charge in [-0.3, -0.25) is 9.69 Å². The molecule has 0 spiro atoms. The third-order valence-corrected chi connectivity index (χ3v) is 4.93. The maximum Gasteiger partial charge on any atom is 0.186 e. The molecule has 0 bridgehead atoms. The highest BCUT2D eigenvalue weighted by molar-refractivity contribution is 6.03. The van der Waals surface area contributed by atoms with E-state index in [-0.39, 0.29) is 17.2 Å². The lowest BCUT2D eigenvalue weighted by atomic mass is 9.84. The number of Topliss-reactive ketones (excluding diaryl/α,β-unsaturated/α-hetero) is 1. The topological polar surface area (TPSA) is 20.3 Å². The SMILES string of the molecule is O=C(c1ccccc1F)C1(N2CCCCC2)CCCC1. The number of halogens is 1. The zero-order chi connectivity index (χ0) is 14.0. The number of hydrogen-bond acceptors (Lipinski definition) is 2. The minimum atomic E-state index is -0.428. The van der Waals surface area contributed by atoms with Crippen molar-refractivity contribution in [2.45, 2.75) is 50.5 Å². The molecular weight excluding hydrogens is 253 g/mol. The Bertz CT molecular complexity index is 488. The molecule has 3 heteroatoms. The Kier molecular flexibility index (Phi) is 3.88. The third-order valence-electron chi connectivity index (χ3n) is 4.93. The summed E-state index contributed by atoms with van der Waals surface area (Å²) in [5, 5.41) is 0. The second-order valence-electron chi connectivity index (χ2n) is 6.10. The fourth-order valence-electron chi connectivity index (χ4n) is 3.86. The van der Waals surface area contributed by atoms with Crippen molar-refractivity contribution >= 4 is 5.78 Å². The maximum atomic E-state index is 14.0. The summed E-state index contributed by atoms with van der Waals surface area (Å²) in [7, 11) is 0. The average Bonchev–Trinajstić information content (AvgIpc) is 2.99. The van der Waals surface area contributed by atoms with Crippen molar-refractivity contribution in [2.75, 3.05) is 13.1 Å². The van der Waals surface area contributed by atoms with Gasteiger partial charge >= 0.3 is 0 Å². The van der Waals surface area contributed by atoms with E-state index in [1.807, 2.05) is 0 Å². The van der Waals surface area contributed by atoms with Gasteiger partial charge in [0.15, 0.2) is 5.78 Å². The van der Waals surface area contributed by atoms with Crippen LogP contribution in [0.4, 0.5) is 4.39 Å². The standard InChI is InChI=1S/C17H22FNO/c18-15-9-3-2-8-14(15)16(20)17(10-4-5-11-17)19-12-6-1-7-13-19/h2-3,8-9H,1,4-7,10-13H2. The number of hydrogen-bond donors (Lipinski definition) is 0. The van der Waals surface area contributed by atoms with Gasteiger partial charge in [-0.2, -0.15) is 0 Å². The highest BCUT2D eigenvalue weighted by Crippen LogP contribution is 2.39. The summed E-state index contributed by atoms with van der Waals surface area (Å²) >= 11 is 0. The van der Waals surface area contributed by atoms with Crippen molar-refractivity contribution in [1.82, 2.24) is 4.90 Å². The molecule has 0 N–H and O–H groups in total. The number of ketones is 1. The van der Waals surface area contributed by atoms with Gasteiger partial charge in [-0.1, -0.05) is 31.4 Å². The Morgan fingerprint density at radius 1 is 1.00 bits per heavy atom. The maximum absolute atomic E-state index is 14.0. The molecule has 1 aliphatic carbocycles. The second-order valence-corrected chi connectivity index (χ2v) is 6.10. The number of piperidine rings is 1. The quantitative estimate of drug-likeness (QED) is 0.782. The Morgan fingerprint density at radius 3 is 2.30 bits per heavy atom. The number of nitrogens with zero attached hydrogens (tertiary/aromatic N) is 1. The molecule has 1 saturated carbocycles. The monoisotopic (exact) mass is 275 g/mol. The van der Waals surface area contributed by atoms with E-state index in [1.165, 1.54) is 12.5 Å². The van der Waals surface area contributed by atoms with E-state index in [9.17, 15) is 9.18 Å². The van der Waals surface area contributed by atoms with Crippen molar-refractivity contribution < 1.29 is 9.18 Å². The van der Waals surface area contributed by atoms with E-state index in [0.717, 1.165) is 51.6 Å². The van der Waals surface area contributed by atoms with E-state index < -0.39 is 5.54 Å². The molecule has 108 valence electrons. The lowest BCUT2D eigenvalue weighted by Gasteiger charge is -2.42. The Morgan fingerprint density at radius 2 is 1.65 bits per heavy atom. The molecule has 0 unspecified atom stereocenters. The van der Waals surface area contributed by atoms with Crippen molar-refractivity contribution in [3.05, 3.63) is 35.6 Å². The molecule has 2 fully saturated rings. The summed E-state index contributed by atoms with van der Waals surface area (Å²) in [6.45, 7) is 1.97. The van der Waals surface area contributed by atoms with Crippen LogP contribution in [0.2, 0.25) is 0 Å². The molecule has 20 heavy (non-hydrogen) atoms. The van der Waals surface area contributed by atoms with Crippen LogP contribution in [-0.2, 0) is 0 Å². The van der Waals surface area contributed by atoms with Crippen LogP contribution >= 0.6 is 0 Å². The lowest BCUT2D eigenvalue weighted by molar-refractivity contribution is 0.0473. The zero-order valence-electron chi connectivity index (χ0n) is 11.9. The summed E-state index contributed by atoms with van der Waals surface area (Å²) in [5.74, 6) is -0.365. The molecule has 2 aliphatic rings.